The van der Waals surface area contributed by atoms with Gasteiger partial charge in [0.05, 0.1) is 11.3 Å². The molecule has 32 heavy (non-hydrogen) atoms. The number of amides is 1. The van der Waals surface area contributed by atoms with Crippen LogP contribution >= 0.6 is 23.4 Å². The van der Waals surface area contributed by atoms with Crippen molar-refractivity contribution in [2.24, 2.45) is 0 Å². The second-order valence-corrected chi connectivity index (χ2v) is 9.35. The first-order valence-electron chi connectivity index (χ1n) is 10.1. The van der Waals surface area contributed by atoms with Gasteiger partial charge in [0.2, 0.25) is 12.7 Å². The second-order valence-electron chi connectivity index (χ2n) is 7.61. The van der Waals surface area contributed by atoms with Gasteiger partial charge < -0.3 is 14.8 Å². The molecule has 8 nitrogen and oxygen atoms in total. The predicted octanol–water partition coefficient (Wildman–Crippen LogP) is 4.39. The van der Waals surface area contributed by atoms with Gasteiger partial charge in [0.15, 0.2) is 22.5 Å². The Kier molecular flexibility index (Phi) is 6.59. The fourth-order valence-electron chi connectivity index (χ4n) is 3.12. The van der Waals surface area contributed by atoms with E-state index < -0.39 is 5.25 Å². The monoisotopic (exact) mass is 473 g/mol. The van der Waals surface area contributed by atoms with Crippen LogP contribution in [0.15, 0.2) is 47.6 Å². The Labute approximate surface area is 195 Å². The topological polar surface area (TPSA) is 81.5 Å². The van der Waals surface area contributed by atoms with Crippen molar-refractivity contribution in [1.29, 1.82) is 0 Å². The number of carbonyl (C=O) groups excluding carboxylic acids is 1. The molecule has 0 saturated heterocycles. The summed E-state index contributed by atoms with van der Waals surface area (Å²) in [5.41, 5.74) is 1.53. The van der Waals surface area contributed by atoms with E-state index in [-0.39, 0.29) is 18.7 Å². The number of ether oxygens (including phenoxy) is 2. The highest BCUT2D eigenvalue weighted by atomic mass is 35.5. The maximum Gasteiger partial charge on any atom is 0.237 e. The van der Waals surface area contributed by atoms with Gasteiger partial charge in [0.1, 0.15) is 0 Å². The largest absolute Gasteiger partial charge is 0.454 e. The lowest BCUT2D eigenvalue weighted by Crippen LogP contribution is -2.23. The number of aromatic nitrogens is 3. The molecule has 3 aromatic rings. The van der Waals surface area contributed by atoms with Crippen LogP contribution in [0.1, 0.15) is 25.7 Å². The first kappa shape index (κ1) is 22.4. The molecule has 0 spiro atoms. The van der Waals surface area contributed by atoms with E-state index in [2.05, 4.69) is 27.3 Å². The van der Waals surface area contributed by atoms with Crippen molar-refractivity contribution >= 4 is 35.0 Å². The van der Waals surface area contributed by atoms with Crippen LogP contribution in [0.3, 0.4) is 0 Å². The van der Waals surface area contributed by atoms with Crippen LogP contribution in [0.25, 0.3) is 5.69 Å². The molecule has 1 aliphatic rings. The smallest absolute Gasteiger partial charge is 0.237 e. The zero-order valence-corrected chi connectivity index (χ0v) is 19.8. The van der Waals surface area contributed by atoms with Crippen LogP contribution in [0.4, 0.5) is 5.69 Å². The van der Waals surface area contributed by atoms with E-state index in [0.717, 1.165) is 11.5 Å². The summed E-state index contributed by atoms with van der Waals surface area (Å²) in [6.07, 6.45) is 0. The van der Waals surface area contributed by atoms with Crippen molar-refractivity contribution in [3.8, 4) is 17.2 Å². The zero-order chi connectivity index (χ0) is 22.8. The van der Waals surface area contributed by atoms with Gasteiger partial charge in [-0.3, -0.25) is 14.3 Å². The minimum Gasteiger partial charge on any atom is -0.454 e. The number of fused-ring (bicyclic) bond motifs is 1. The normalized spacial score (nSPS) is 14.4. The van der Waals surface area contributed by atoms with Crippen LogP contribution in [-0.2, 0) is 4.79 Å². The minimum atomic E-state index is -0.418. The molecule has 0 bridgehead atoms. The Balaban J connectivity index is 1.56. The Morgan fingerprint density at radius 1 is 1.12 bits per heavy atom. The van der Waals surface area contributed by atoms with E-state index in [1.54, 1.807) is 18.2 Å². The van der Waals surface area contributed by atoms with Gasteiger partial charge in [-0.1, -0.05) is 23.4 Å². The Bertz CT molecular complexity index is 1120. The minimum absolute atomic E-state index is 0.0188. The number of nitrogens with zero attached hydrogens (tertiary/aromatic N) is 4. The maximum atomic E-state index is 12.9. The lowest BCUT2D eigenvalue weighted by molar-refractivity contribution is -0.115. The molecular formula is C22H24ClN5O3S. The molecule has 4 rings (SSSR count). The van der Waals surface area contributed by atoms with Gasteiger partial charge >= 0.3 is 0 Å². The molecule has 0 unspecified atom stereocenters. The summed E-state index contributed by atoms with van der Waals surface area (Å²) in [6, 6.07) is 12.8. The number of benzene rings is 2. The van der Waals surface area contributed by atoms with E-state index in [4.69, 9.17) is 21.1 Å². The number of hydrogen-bond donors (Lipinski definition) is 1. The molecule has 0 aliphatic carbocycles. The highest BCUT2D eigenvalue weighted by Crippen LogP contribution is 2.35. The van der Waals surface area contributed by atoms with E-state index >= 15 is 0 Å². The number of halogens is 1. The summed E-state index contributed by atoms with van der Waals surface area (Å²) < 4.78 is 12.7. The van der Waals surface area contributed by atoms with Gasteiger partial charge in [0.25, 0.3) is 0 Å². The lowest BCUT2D eigenvalue weighted by Gasteiger charge is -2.21. The standard InChI is InChI=1S/C22H24ClN5O3S/c1-13(27(3)4)20-25-26-22(28(20)17-8-5-15(23)6-9-17)32-14(2)21(29)24-16-7-10-18-19(11-16)31-12-30-18/h5-11,13-14H,12H2,1-4H3,(H,24,29)/t13-,14-/m1/s1. The summed E-state index contributed by atoms with van der Waals surface area (Å²) in [5, 5.41) is 12.6. The van der Waals surface area contributed by atoms with Crippen LogP contribution in [-0.4, -0.2) is 51.7 Å². The van der Waals surface area contributed by atoms with Crippen molar-refractivity contribution < 1.29 is 14.3 Å². The van der Waals surface area contributed by atoms with Crippen molar-refractivity contribution in [2.75, 3.05) is 26.2 Å². The van der Waals surface area contributed by atoms with Crippen LogP contribution in [0, 0.1) is 0 Å². The molecule has 0 fully saturated rings. The van der Waals surface area contributed by atoms with E-state index in [1.807, 2.05) is 49.9 Å². The molecule has 2 atom stereocenters. The third kappa shape index (κ3) is 4.69. The van der Waals surface area contributed by atoms with Crippen molar-refractivity contribution in [1.82, 2.24) is 19.7 Å². The highest BCUT2D eigenvalue weighted by molar-refractivity contribution is 8.00. The van der Waals surface area contributed by atoms with Gasteiger partial charge in [-0.15, -0.1) is 10.2 Å². The molecule has 1 N–H and O–H groups in total. The molecule has 1 amide bonds. The van der Waals surface area contributed by atoms with Gasteiger partial charge in [-0.05, 0) is 64.3 Å². The Hall–Kier alpha value is -2.75. The summed E-state index contributed by atoms with van der Waals surface area (Å²) in [4.78, 5) is 14.9. The zero-order valence-electron chi connectivity index (χ0n) is 18.2. The number of carbonyl (C=O) groups is 1. The number of hydrogen-bond acceptors (Lipinski definition) is 7. The van der Waals surface area contributed by atoms with Crippen molar-refractivity contribution in [3.63, 3.8) is 0 Å². The fourth-order valence-corrected chi connectivity index (χ4v) is 4.12. The molecule has 1 aromatic heterocycles. The third-order valence-corrected chi connectivity index (χ3v) is 6.48. The number of rotatable bonds is 7. The molecular weight excluding hydrogens is 450 g/mol. The average Bonchev–Trinajstić information content (AvgIpc) is 3.40. The number of thioether (sulfide) groups is 1. The molecule has 1 aliphatic heterocycles. The Morgan fingerprint density at radius 2 is 1.84 bits per heavy atom. The predicted molar refractivity (Wildman–Crippen MR) is 125 cm³/mol. The molecule has 2 aromatic carbocycles. The van der Waals surface area contributed by atoms with Crippen LogP contribution in [0.5, 0.6) is 11.5 Å². The third-order valence-electron chi connectivity index (χ3n) is 5.18. The quantitative estimate of drug-likeness (QED) is 0.509. The van der Waals surface area contributed by atoms with Crippen LogP contribution < -0.4 is 14.8 Å². The second kappa shape index (κ2) is 9.40. The first-order valence-corrected chi connectivity index (χ1v) is 11.3. The lowest BCUT2D eigenvalue weighted by atomic mass is 10.2. The summed E-state index contributed by atoms with van der Waals surface area (Å²) in [5.74, 6) is 1.92. The maximum absolute atomic E-state index is 12.9. The van der Waals surface area contributed by atoms with Crippen LogP contribution in [0.2, 0.25) is 5.02 Å². The van der Waals surface area contributed by atoms with E-state index in [1.165, 1.54) is 11.8 Å². The highest BCUT2D eigenvalue weighted by Gasteiger charge is 2.25. The van der Waals surface area contributed by atoms with E-state index in [9.17, 15) is 4.79 Å². The average molecular weight is 474 g/mol. The van der Waals surface area contributed by atoms with E-state index in [0.29, 0.717) is 27.4 Å². The molecule has 168 valence electrons. The first-order chi connectivity index (χ1) is 15.3. The number of anilines is 1. The Morgan fingerprint density at radius 3 is 2.56 bits per heavy atom. The molecule has 10 heteroatoms. The summed E-state index contributed by atoms with van der Waals surface area (Å²) in [6.45, 7) is 4.08. The summed E-state index contributed by atoms with van der Waals surface area (Å²) >= 11 is 7.42. The molecule has 2 heterocycles. The summed E-state index contributed by atoms with van der Waals surface area (Å²) in [7, 11) is 3.97. The SMILES string of the molecule is C[C@H](c1nnc(S[C@H](C)C(=O)Nc2ccc3c(c2)OCO3)n1-c1ccc(Cl)cc1)N(C)C. The van der Waals surface area contributed by atoms with Crippen molar-refractivity contribution in [3.05, 3.63) is 53.3 Å². The molecule has 0 saturated carbocycles. The van der Waals surface area contributed by atoms with Gasteiger partial charge in [-0.25, -0.2) is 0 Å². The fraction of sp³-hybridized carbons (Fsp3) is 0.318. The van der Waals surface area contributed by atoms with Crippen molar-refractivity contribution in [2.45, 2.75) is 30.3 Å². The number of nitrogens with one attached hydrogen (secondary N) is 1. The van der Waals surface area contributed by atoms with Gasteiger partial charge in [-0.2, -0.15) is 0 Å². The van der Waals surface area contributed by atoms with Gasteiger partial charge in [0, 0.05) is 22.5 Å². The molecule has 0 radical (unpaired) electrons.